The SMILES string of the molecule is Nc1nc2ccc(-c3nc4c(c(N5CCOCC5)n3)CCNC4)cc2o1. The minimum Gasteiger partial charge on any atom is -0.424 e. The Kier molecular flexibility index (Phi) is 3.72. The topological polar surface area (TPSA) is 102 Å². The van der Waals surface area contributed by atoms with E-state index in [0.29, 0.717) is 11.4 Å². The third kappa shape index (κ3) is 2.67. The number of ether oxygens (including phenoxy) is 1. The van der Waals surface area contributed by atoms with Gasteiger partial charge in [-0.1, -0.05) is 0 Å². The normalized spacial score (nSPS) is 17.5. The van der Waals surface area contributed by atoms with Crippen molar-refractivity contribution in [3.05, 3.63) is 29.5 Å². The van der Waals surface area contributed by atoms with Crippen molar-refractivity contribution in [1.82, 2.24) is 20.3 Å². The highest BCUT2D eigenvalue weighted by molar-refractivity contribution is 5.80. The Bertz CT molecular complexity index is 964. The lowest BCUT2D eigenvalue weighted by Gasteiger charge is -2.31. The maximum Gasteiger partial charge on any atom is 0.292 e. The fourth-order valence-electron chi connectivity index (χ4n) is 3.59. The standard InChI is InChI=1S/C18H20N6O2/c19-18-22-13-2-1-11(9-15(13)26-18)16-21-14-10-20-4-3-12(14)17(23-16)24-5-7-25-8-6-24/h1-2,9,20H,3-8,10H2,(H2,19,22). The molecule has 5 rings (SSSR count). The molecule has 0 spiro atoms. The average molecular weight is 352 g/mol. The molecule has 134 valence electrons. The number of oxazole rings is 1. The Balaban J connectivity index is 1.63. The molecule has 2 aliphatic rings. The summed E-state index contributed by atoms with van der Waals surface area (Å²) in [6.07, 6.45) is 0.944. The van der Waals surface area contributed by atoms with Crippen molar-refractivity contribution in [3.63, 3.8) is 0 Å². The van der Waals surface area contributed by atoms with E-state index in [1.54, 1.807) is 0 Å². The Labute approximate surface area is 150 Å². The number of hydrogen-bond acceptors (Lipinski definition) is 8. The number of benzene rings is 1. The average Bonchev–Trinajstić information content (AvgIpc) is 3.07. The van der Waals surface area contributed by atoms with Gasteiger partial charge in [0.25, 0.3) is 6.01 Å². The number of nitrogens with two attached hydrogens (primary N) is 1. The fraction of sp³-hybridized carbons (Fsp3) is 0.389. The Hall–Kier alpha value is -2.71. The summed E-state index contributed by atoms with van der Waals surface area (Å²) in [5.41, 5.74) is 10.3. The molecule has 0 bridgehead atoms. The molecule has 3 N–H and O–H groups in total. The predicted octanol–water partition coefficient (Wildman–Crippen LogP) is 1.35. The van der Waals surface area contributed by atoms with E-state index in [4.69, 9.17) is 24.9 Å². The summed E-state index contributed by atoms with van der Waals surface area (Å²) in [5.74, 6) is 1.73. The Morgan fingerprint density at radius 2 is 2.00 bits per heavy atom. The van der Waals surface area contributed by atoms with E-state index in [0.717, 1.165) is 68.4 Å². The van der Waals surface area contributed by atoms with Crippen LogP contribution in [0.2, 0.25) is 0 Å². The van der Waals surface area contributed by atoms with Crippen LogP contribution in [0.4, 0.5) is 11.8 Å². The summed E-state index contributed by atoms with van der Waals surface area (Å²) in [5, 5.41) is 3.40. The molecule has 3 aromatic rings. The summed E-state index contributed by atoms with van der Waals surface area (Å²) in [7, 11) is 0. The molecule has 0 saturated carbocycles. The summed E-state index contributed by atoms with van der Waals surface area (Å²) in [6.45, 7) is 4.89. The van der Waals surface area contributed by atoms with Crippen LogP contribution in [0.5, 0.6) is 0 Å². The van der Waals surface area contributed by atoms with Crippen LogP contribution < -0.4 is 16.0 Å². The van der Waals surface area contributed by atoms with Crippen molar-refractivity contribution in [2.24, 2.45) is 0 Å². The second-order valence-corrected chi connectivity index (χ2v) is 6.56. The fourth-order valence-corrected chi connectivity index (χ4v) is 3.59. The second-order valence-electron chi connectivity index (χ2n) is 6.56. The summed E-state index contributed by atoms with van der Waals surface area (Å²) in [6, 6.07) is 5.92. The number of fused-ring (bicyclic) bond motifs is 2. The van der Waals surface area contributed by atoms with Gasteiger partial charge in [0.1, 0.15) is 11.3 Å². The van der Waals surface area contributed by atoms with Crippen LogP contribution in [0, 0.1) is 0 Å². The Morgan fingerprint density at radius 3 is 2.88 bits per heavy atom. The molecule has 0 radical (unpaired) electrons. The third-order valence-corrected chi connectivity index (χ3v) is 4.89. The zero-order chi connectivity index (χ0) is 17.5. The molecule has 0 atom stereocenters. The van der Waals surface area contributed by atoms with E-state index >= 15 is 0 Å². The van der Waals surface area contributed by atoms with Gasteiger partial charge in [-0.25, -0.2) is 9.97 Å². The first-order chi connectivity index (χ1) is 12.8. The van der Waals surface area contributed by atoms with Gasteiger partial charge < -0.3 is 25.1 Å². The molecule has 2 aliphatic heterocycles. The van der Waals surface area contributed by atoms with Crippen molar-refractivity contribution in [2.75, 3.05) is 43.5 Å². The number of nitrogen functional groups attached to an aromatic ring is 1. The smallest absolute Gasteiger partial charge is 0.292 e. The van der Waals surface area contributed by atoms with Gasteiger partial charge in [-0.2, -0.15) is 4.98 Å². The number of hydrogen-bond donors (Lipinski definition) is 2. The number of nitrogens with one attached hydrogen (secondary N) is 1. The van der Waals surface area contributed by atoms with Crippen LogP contribution in [0.25, 0.3) is 22.5 Å². The van der Waals surface area contributed by atoms with Gasteiger partial charge >= 0.3 is 0 Å². The van der Waals surface area contributed by atoms with Crippen LogP contribution in [0.15, 0.2) is 22.6 Å². The first kappa shape index (κ1) is 15.5. The first-order valence-electron chi connectivity index (χ1n) is 8.87. The van der Waals surface area contributed by atoms with Crippen molar-refractivity contribution >= 4 is 22.9 Å². The van der Waals surface area contributed by atoms with Crippen LogP contribution in [0.1, 0.15) is 11.3 Å². The number of nitrogens with zero attached hydrogens (tertiary/aromatic N) is 4. The molecule has 0 unspecified atom stereocenters. The molecular weight excluding hydrogens is 332 g/mol. The molecule has 1 fully saturated rings. The van der Waals surface area contributed by atoms with Crippen LogP contribution in [-0.2, 0) is 17.7 Å². The highest BCUT2D eigenvalue weighted by Gasteiger charge is 2.23. The van der Waals surface area contributed by atoms with Crippen LogP contribution in [0.3, 0.4) is 0 Å². The highest BCUT2D eigenvalue weighted by Crippen LogP contribution is 2.29. The van der Waals surface area contributed by atoms with Crippen molar-refractivity contribution in [2.45, 2.75) is 13.0 Å². The summed E-state index contributed by atoms with van der Waals surface area (Å²) in [4.78, 5) is 16.2. The van der Waals surface area contributed by atoms with Crippen molar-refractivity contribution in [1.29, 1.82) is 0 Å². The lowest BCUT2D eigenvalue weighted by molar-refractivity contribution is 0.122. The molecule has 2 aromatic heterocycles. The lowest BCUT2D eigenvalue weighted by atomic mass is 10.1. The van der Waals surface area contributed by atoms with E-state index in [9.17, 15) is 0 Å². The monoisotopic (exact) mass is 352 g/mol. The van der Waals surface area contributed by atoms with E-state index in [-0.39, 0.29) is 6.01 Å². The number of rotatable bonds is 2. The van der Waals surface area contributed by atoms with Gasteiger partial charge in [-0.15, -0.1) is 0 Å². The van der Waals surface area contributed by atoms with Gasteiger partial charge in [0.2, 0.25) is 0 Å². The molecule has 0 amide bonds. The predicted molar refractivity (Wildman–Crippen MR) is 97.9 cm³/mol. The maximum absolute atomic E-state index is 5.66. The van der Waals surface area contributed by atoms with Gasteiger partial charge in [0.15, 0.2) is 11.4 Å². The largest absolute Gasteiger partial charge is 0.424 e. The van der Waals surface area contributed by atoms with Gasteiger partial charge in [-0.05, 0) is 31.2 Å². The quantitative estimate of drug-likeness (QED) is 0.712. The van der Waals surface area contributed by atoms with E-state index < -0.39 is 0 Å². The van der Waals surface area contributed by atoms with Gasteiger partial charge in [-0.3, -0.25) is 0 Å². The maximum atomic E-state index is 5.66. The minimum atomic E-state index is 0.168. The molecular formula is C18H20N6O2. The molecule has 26 heavy (non-hydrogen) atoms. The van der Waals surface area contributed by atoms with Crippen molar-refractivity contribution in [3.8, 4) is 11.4 Å². The van der Waals surface area contributed by atoms with Crippen LogP contribution in [-0.4, -0.2) is 47.8 Å². The van der Waals surface area contributed by atoms with E-state index in [2.05, 4.69) is 15.2 Å². The van der Waals surface area contributed by atoms with Crippen LogP contribution >= 0.6 is 0 Å². The molecule has 1 saturated heterocycles. The third-order valence-electron chi connectivity index (χ3n) is 4.89. The zero-order valence-corrected chi connectivity index (χ0v) is 14.4. The first-order valence-corrected chi connectivity index (χ1v) is 8.87. The molecule has 0 aliphatic carbocycles. The number of aromatic nitrogens is 3. The van der Waals surface area contributed by atoms with E-state index in [1.807, 2.05) is 18.2 Å². The second kappa shape index (κ2) is 6.22. The van der Waals surface area contributed by atoms with Gasteiger partial charge in [0.05, 0.1) is 18.9 Å². The van der Waals surface area contributed by atoms with E-state index in [1.165, 1.54) is 5.56 Å². The summed E-state index contributed by atoms with van der Waals surface area (Å²) < 4.78 is 11.0. The number of anilines is 2. The molecule has 4 heterocycles. The van der Waals surface area contributed by atoms with Crippen molar-refractivity contribution < 1.29 is 9.15 Å². The summed E-state index contributed by atoms with van der Waals surface area (Å²) >= 11 is 0. The lowest BCUT2D eigenvalue weighted by Crippen LogP contribution is -2.39. The van der Waals surface area contributed by atoms with Gasteiger partial charge in [0, 0.05) is 30.8 Å². The highest BCUT2D eigenvalue weighted by atomic mass is 16.5. The number of morpholine rings is 1. The molecule has 8 heteroatoms. The molecule has 8 nitrogen and oxygen atoms in total. The minimum absolute atomic E-state index is 0.168. The zero-order valence-electron chi connectivity index (χ0n) is 14.4. The molecule has 1 aromatic carbocycles. The Morgan fingerprint density at radius 1 is 1.12 bits per heavy atom.